The predicted molar refractivity (Wildman–Crippen MR) is 59.0 cm³/mol. The van der Waals surface area contributed by atoms with E-state index in [0.29, 0.717) is 5.75 Å². The SMILES string of the molecule is CC(CBr)CS(=O)(=O)C1CCCC1. The van der Waals surface area contributed by atoms with Crippen LogP contribution in [0, 0.1) is 5.92 Å². The molecule has 1 atom stereocenters. The number of sulfone groups is 1. The lowest BCUT2D eigenvalue weighted by atomic mass is 10.3. The first kappa shape index (κ1) is 11.5. The van der Waals surface area contributed by atoms with Gasteiger partial charge >= 0.3 is 0 Å². The van der Waals surface area contributed by atoms with Crippen LogP contribution in [0.5, 0.6) is 0 Å². The highest BCUT2D eigenvalue weighted by atomic mass is 79.9. The molecule has 0 heterocycles. The molecule has 1 aliphatic rings. The topological polar surface area (TPSA) is 34.1 Å². The van der Waals surface area contributed by atoms with Crippen LogP contribution in [0.25, 0.3) is 0 Å². The fourth-order valence-electron chi connectivity index (χ4n) is 1.82. The molecule has 0 N–H and O–H groups in total. The smallest absolute Gasteiger partial charge is 0.153 e. The Labute approximate surface area is 89.1 Å². The van der Waals surface area contributed by atoms with E-state index in [-0.39, 0.29) is 11.2 Å². The zero-order chi connectivity index (χ0) is 9.90. The van der Waals surface area contributed by atoms with Crippen molar-refractivity contribution in [2.24, 2.45) is 5.92 Å². The second-order valence-corrected chi connectivity index (χ2v) is 6.97. The van der Waals surface area contributed by atoms with E-state index >= 15 is 0 Å². The zero-order valence-electron chi connectivity index (χ0n) is 8.00. The molecule has 1 unspecified atom stereocenters. The van der Waals surface area contributed by atoms with Crippen LogP contribution < -0.4 is 0 Å². The quantitative estimate of drug-likeness (QED) is 0.734. The summed E-state index contributed by atoms with van der Waals surface area (Å²) in [6.07, 6.45) is 3.95. The summed E-state index contributed by atoms with van der Waals surface area (Å²) in [5.41, 5.74) is 0. The summed E-state index contributed by atoms with van der Waals surface area (Å²) in [5.74, 6) is 0.591. The van der Waals surface area contributed by atoms with E-state index in [0.717, 1.165) is 31.0 Å². The normalized spacial score (nSPS) is 22.0. The van der Waals surface area contributed by atoms with Crippen LogP contribution in [0.15, 0.2) is 0 Å². The minimum atomic E-state index is -2.80. The van der Waals surface area contributed by atoms with Gasteiger partial charge in [0.05, 0.1) is 11.0 Å². The molecule has 0 saturated heterocycles. The Hall–Kier alpha value is 0.430. The van der Waals surface area contributed by atoms with Crippen molar-refractivity contribution < 1.29 is 8.42 Å². The second-order valence-electron chi connectivity index (χ2n) is 4.00. The molecule has 0 aliphatic heterocycles. The van der Waals surface area contributed by atoms with Crippen molar-refractivity contribution in [2.75, 3.05) is 11.1 Å². The minimum absolute atomic E-state index is 0.0333. The van der Waals surface area contributed by atoms with Crippen molar-refractivity contribution in [2.45, 2.75) is 37.9 Å². The van der Waals surface area contributed by atoms with Gasteiger partial charge in [-0.3, -0.25) is 0 Å². The Balaban J connectivity index is 2.54. The molecular weight excluding hydrogens is 252 g/mol. The molecule has 0 radical (unpaired) electrons. The van der Waals surface area contributed by atoms with E-state index in [9.17, 15) is 8.42 Å². The lowest BCUT2D eigenvalue weighted by molar-refractivity contribution is 0.568. The van der Waals surface area contributed by atoms with Gasteiger partial charge < -0.3 is 0 Å². The largest absolute Gasteiger partial charge is 0.229 e. The van der Waals surface area contributed by atoms with Crippen LogP contribution in [-0.2, 0) is 9.84 Å². The number of rotatable bonds is 4. The maximum atomic E-state index is 11.8. The van der Waals surface area contributed by atoms with Crippen molar-refractivity contribution in [3.63, 3.8) is 0 Å². The van der Waals surface area contributed by atoms with Crippen LogP contribution in [0.4, 0.5) is 0 Å². The number of halogens is 1. The molecule has 13 heavy (non-hydrogen) atoms. The van der Waals surface area contributed by atoms with E-state index in [1.807, 2.05) is 6.92 Å². The van der Waals surface area contributed by atoms with Gasteiger partial charge in [0.25, 0.3) is 0 Å². The first-order valence-corrected chi connectivity index (χ1v) is 7.67. The highest BCUT2D eigenvalue weighted by molar-refractivity contribution is 9.09. The van der Waals surface area contributed by atoms with Crippen molar-refractivity contribution in [3.05, 3.63) is 0 Å². The Morgan fingerprint density at radius 2 is 1.92 bits per heavy atom. The summed E-state index contributed by atoms with van der Waals surface area (Å²) >= 11 is 3.31. The predicted octanol–water partition coefficient (Wildman–Crippen LogP) is 2.37. The molecule has 0 bridgehead atoms. The molecule has 1 aliphatic carbocycles. The summed E-state index contributed by atoms with van der Waals surface area (Å²) < 4.78 is 23.6. The third-order valence-corrected chi connectivity index (χ3v) is 6.22. The summed E-state index contributed by atoms with van der Waals surface area (Å²) in [6, 6.07) is 0. The van der Waals surface area contributed by atoms with Gasteiger partial charge in [0.15, 0.2) is 9.84 Å². The van der Waals surface area contributed by atoms with Crippen LogP contribution >= 0.6 is 15.9 Å². The van der Waals surface area contributed by atoms with Crippen molar-refractivity contribution in [1.29, 1.82) is 0 Å². The first-order chi connectivity index (χ1) is 6.06. The van der Waals surface area contributed by atoms with Gasteiger partial charge in [-0.15, -0.1) is 0 Å². The fraction of sp³-hybridized carbons (Fsp3) is 1.00. The molecule has 0 aromatic heterocycles. The third-order valence-electron chi connectivity index (χ3n) is 2.59. The Morgan fingerprint density at radius 1 is 1.38 bits per heavy atom. The number of hydrogen-bond acceptors (Lipinski definition) is 2. The molecule has 4 heteroatoms. The van der Waals surface area contributed by atoms with Gasteiger partial charge in [0, 0.05) is 5.33 Å². The molecule has 78 valence electrons. The van der Waals surface area contributed by atoms with Gasteiger partial charge in [-0.25, -0.2) is 8.42 Å². The molecule has 0 aromatic carbocycles. The molecule has 1 saturated carbocycles. The first-order valence-electron chi connectivity index (χ1n) is 4.84. The third kappa shape index (κ3) is 3.24. The van der Waals surface area contributed by atoms with Crippen LogP contribution in [-0.4, -0.2) is 24.8 Å². The van der Waals surface area contributed by atoms with Crippen LogP contribution in [0.2, 0.25) is 0 Å². The highest BCUT2D eigenvalue weighted by Gasteiger charge is 2.29. The summed E-state index contributed by atoms with van der Waals surface area (Å²) in [5, 5.41) is 0.743. The minimum Gasteiger partial charge on any atom is -0.229 e. The molecule has 0 aromatic rings. The molecule has 0 amide bonds. The highest BCUT2D eigenvalue weighted by Crippen LogP contribution is 2.26. The second kappa shape index (κ2) is 4.78. The van der Waals surface area contributed by atoms with E-state index in [1.54, 1.807) is 0 Å². The summed E-state index contributed by atoms with van der Waals surface area (Å²) in [6.45, 7) is 1.97. The van der Waals surface area contributed by atoms with E-state index in [4.69, 9.17) is 0 Å². The van der Waals surface area contributed by atoms with Crippen LogP contribution in [0.1, 0.15) is 32.6 Å². The molecule has 1 fully saturated rings. The maximum absolute atomic E-state index is 11.8. The van der Waals surface area contributed by atoms with Gasteiger partial charge in [0.2, 0.25) is 0 Å². The van der Waals surface area contributed by atoms with E-state index in [2.05, 4.69) is 15.9 Å². The molecular formula is C9H17BrO2S. The lowest BCUT2D eigenvalue weighted by Crippen LogP contribution is -2.25. The number of hydrogen-bond donors (Lipinski definition) is 0. The number of alkyl halides is 1. The average molecular weight is 269 g/mol. The maximum Gasteiger partial charge on any atom is 0.153 e. The zero-order valence-corrected chi connectivity index (χ0v) is 10.4. The fourth-order valence-corrected chi connectivity index (χ4v) is 4.59. The molecule has 2 nitrogen and oxygen atoms in total. The standard InChI is InChI=1S/C9H17BrO2S/c1-8(6-10)7-13(11,12)9-4-2-3-5-9/h8-9H,2-7H2,1H3. The summed E-state index contributed by atoms with van der Waals surface area (Å²) in [4.78, 5) is 0. The summed E-state index contributed by atoms with van der Waals surface area (Å²) in [7, 11) is -2.80. The lowest BCUT2D eigenvalue weighted by Gasteiger charge is -2.13. The molecule has 1 rings (SSSR count). The Kier molecular flexibility index (Phi) is 4.23. The van der Waals surface area contributed by atoms with Crippen molar-refractivity contribution in [1.82, 2.24) is 0 Å². The molecule has 0 spiro atoms. The van der Waals surface area contributed by atoms with E-state index < -0.39 is 9.84 Å². The van der Waals surface area contributed by atoms with Gasteiger partial charge in [0.1, 0.15) is 0 Å². The monoisotopic (exact) mass is 268 g/mol. The van der Waals surface area contributed by atoms with Gasteiger partial charge in [-0.1, -0.05) is 35.7 Å². The van der Waals surface area contributed by atoms with E-state index in [1.165, 1.54) is 0 Å². The Morgan fingerprint density at radius 3 is 2.38 bits per heavy atom. The Bertz CT molecular complexity index is 242. The van der Waals surface area contributed by atoms with Crippen molar-refractivity contribution >= 4 is 25.8 Å². The van der Waals surface area contributed by atoms with Gasteiger partial charge in [-0.2, -0.15) is 0 Å². The van der Waals surface area contributed by atoms with Gasteiger partial charge in [-0.05, 0) is 18.8 Å². The van der Waals surface area contributed by atoms with Crippen molar-refractivity contribution in [3.8, 4) is 0 Å². The average Bonchev–Trinajstić information content (AvgIpc) is 2.55. The van der Waals surface area contributed by atoms with Crippen LogP contribution in [0.3, 0.4) is 0 Å².